The van der Waals surface area contributed by atoms with E-state index in [1.807, 2.05) is 17.8 Å². The van der Waals surface area contributed by atoms with Crippen molar-refractivity contribution in [3.05, 3.63) is 30.1 Å². The first-order valence-corrected chi connectivity index (χ1v) is 9.59. The average molecular weight is 466 g/mol. The molecule has 136 valence electrons. The lowest BCUT2D eigenvalue weighted by Crippen LogP contribution is -2.51. The van der Waals surface area contributed by atoms with Gasteiger partial charge >= 0.3 is 0 Å². The van der Waals surface area contributed by atoms with E-state index in [2.05, 4.69) is 26.8 Å². The van der Waals surface area contributed by atoms with Gasteiger partial charge in [-0.2, -0.15) is 11.8 Å². The number of hydrogen-bond donors (Lipinski definition) is 2. The summed E-state index contributed by atoms with van der Waals surface area (Å²) in [6.45, 7) is 2.77. The number of guanidine groups is 1. The lowest BCUT2D eigenvalue weighted by molar-refractivity contribution is 0.467. The molecule has 2 rings (SSSR count). The summed E-state index contributed by atoms with van der Waals surface area (Å²) >= 11 is 1.86. The molecule has 1 heterocycles. The van der Waals surface area contributed by atoms with E-state index in [1.54, 1.807) is 19.2 Å². The molecule has 24 heavy (non-hydrogen) atoms. The molecule has 2 N–H and O–H groups in total. The highest BCUT2D eigenvalue weighted by Gasteiger charge is 2.21. The molecule has 0 saturated carbocycles. The minimum absolute atomic E-state index is 0. The van der Waals surface area contributed by atoms with Crippen LogP contribution in [0.3, 0.4) is 0 Å². The highest BCUT2D eigenvalue weighted by molar-refractivity contribution is 14.0. The van der Waals surface area contributed by atoms with Gasteiger partial charge in [-0.1, -0.05) is 6.07 Å². The van der Waals surface area contributed by atoms with Crippen molar-refractivity contribution in [3.63, 3.8) is 0 Å². The second kappa shape index (κ2) is 11.8. The van der Waals surface area contributed by atoms with Gasteiger partial charge < -0.3 is 15.5 Å². The Hall–Kier alpha value is -0.700. The van der Waals surface area contributed by atoms with Gasteiger partial charge in [0, 0.05) is 38.4 Å². The van der Waals surface area contributed by atoms with Crippen molar-refractivity contribution >= 4 is 47.4 Å². The van der Waals surface area contributed by atoms with Crippen molar-refractivity contribution in [1.29, 1.82) is 0 Å². The topological polar surface area (TPSA) is 39.7 Å². The molecule has 1 aliphatic rings. The van der Waals surface area contributed by atoms with Crippen LogP contribution in [0.1, 0.15) is 19.3 Å². The molecule has 1 saturated heterocycles. The van der Waals surface area contributed by atoms with E-state index >= 15 is 0 Å². The summed E-state index contributed by atoms with van der Waals surface area (Å²) in [6, 6.07) is 7.18. The van der Waals surface area contributed by atoms with Crippen LogP contribution in [0.25, 0.3) is 0 Å². The molecule has 1 atom stereocenters. The zero-order chi connectivity index (χ0) is 16.5. The fourth-order valence-corrected chi connectivity index (χ4v) is 3.25. The van der Waals surface area contributed by atoms with Crippen LogP contribution in [-0.2, 0) is 0 Å². The highest BCUT2D eigenvalue weighted by atomic mass is 127. The maximum atomic E-state index is 13.4. The van der Waals surface area contributed by atoms with Gasteiger partial charge in [0.05, 0.1) is 0 Å². The number of rotatable bonds is 6. The van der Waals surface area contributed by atoms with Crippen LogP contribution in [0, 0.1) is 5.82 Å². The van der Waals surface area contributed by atoms with Crippen LogP contribution in [0.15, 0.2) is 29.3 Å². The number of benzene rings is 1. The molecule has 7 heteroatoms. The maximum Gasteiger partial charge on any atom is 0.191 e. The van der Waals surface area contributed by atoms with Crippen LogP contribution in [0.2, 0.25) is 0 Å². The largest absolute Gasteiger partial charge is 0.369 e. The van der Waals surface area contributed by atoms with Crippen LogP contribution in [0.4, 0.5) is 10.1 Å². The molecule has 1 aliphatic heterocycles. The second-order valence-electron chi connectivity index (χ2n) is 5.75. The molecule has 0 bridgehead atoms. The third-order valence-electron chi connectivity index (χ3n) is 3.98. The lowest BCUT2D eigenvalue weighted by atomic mass is 10.0. The molecule has 0 aromatic heterocycles. The lowest BCUT2D eigenvalue weighted by Gasteiger charge is -2.35. The van der Waals surface area contributed by atoms with Gasteiger partial charge in [-0.05, 0) is 49.5 Å². The van der Waals surface area contributed by atoms with Gasteiger partial charge in [-0.15, -0.1) is 24.0 Å². The summed E-state index contributed by atoms with van der Waals surface area (Å²) in [5, 5.41) is 6.86. The van der Waals surface area contributed by atoms with Crippen molar-refractivity contribution in [2.24, 2.45) is 4.99 Å². The van der Waals surface area contributed by atoms with E-state index in [4.69, 9.17) is 0 Å². The van der Waals surface area contributed by atoms with Crippen molar-refractivity contribution in [2.45, 2.75) is 25.3 Å². The molecular formula is C17H28FIN4S. The third kappa shape index (κ3) is 7.04. The summed E-state index contributed by atoms with van der Waals surface area (Å²) in [5.74, 6) is 1.84. The van der Waals surface area contributed by atoms with E-state index in [0.29, 0.717) is 6.04 Å². The Bertz CT molecular complexity index is 515. The number of halogens is 2. The summed E-state index contributed by atoms with van der Waals surface area (Å²) in [7, 11) is 1.80. The molecule has 1 aromatic rings. The van der Waals surface area contributed by atoms with Crippen LogP contribution < -0.4 is 15.5 Å². The van der Waals surface area contributed by atoms with E-state index in [1.165, 1.54) is 6.07 Å². The monoisotopic (exact) mass is 466 g/mol. The van der Waals surface area contributed by atoms with E-state index in [-0.39, 0.29) is 29.8 Å². The fraction of sp³-hybridized carbons (Fsp3) is 0.588. The number of thioether (sulfide) groups is 1. The Morgan fingerprint density at radius 1 is 1.46 bits per heavy atom. The SMILES string of the molecule is CN=C(NCCCSC)NC1CCCN(c2cccc(F)c2)C1.I. The first-order valence-electron chi connectivity index (χ1n) is 8.19. The van der Waals surface area contributed by atoms with Gasteiger partial charge in [-0.3, -0.25) is 4.99 Å². The molecule has 4 nitrogen and oxygen atoms in total. The minimum Gasteiger partial charge on any atom is -0.369 e. The molecule has 0 amide bonds. The average Bonchev–Trinajstić information content (AvgIpc) is 2.58. The van der Waals surface area contributed by atoms with Gasteiger partial charge in [0.15, 0.2) is 5.96 Å². The van der Waals surface area contributed by atoms with Gasteiger partial charge in [0.1, 0.15) is 5.82 Å². The van der Waals surface area contributed by atoms with Crippen molar-refractivity contribution in [1.82, 2.24) is 10.6 Å². The Balaban J connectivity index is 0.00000288. The normalized spacial score (nSPS) is 18.0. The molecule has 0 aliphatic carbocycles. The fourth-order valence-electron chi connectivity index (χ4n) is 2.81. The summed E-state index contributed by atoms with van der Waals surface area (Å²) < 4.78 is 13.4. The molecular weight excluding hydrogens is 438 g/mol. The van der Waals surface area contributed by atoms with E-state index in [0.717, 1.165) is 56.3 Å². The van der Waals surface area contributed by atoms with Gasteiger partial charge in [-0.25, -0.2) is 4.39 Å². The molecule has 1 unspecified atom stereocenters. The predicted molar refractivity (Wildman–Crippen MR) is 115 cm³/mol. The van der Waals surface area contributed by atoms with Crippen LogP contribution in [0.5, 0.6) is 0 Å². The Morgan fingerprint density at radius 2 is 2.29 bits per heavy atom. The highest BCUT2D eigenvalue weighted by Crippen LogP contribution is 2.20. The first-order chi connectivity index (χ1) is 11.2. The zero-order valence-corrected chi connectivity index (χ0v) is 17.6. The van der Waals surface area contributed by atoms with E-state index in [9.17, 15) is 4.39 Å². The number of aliphatic imine (C=N–C) groups is 1. The number of anilines is 1. The number of nitrogens with one attached hydrogen (secondary N) is 2. The minimum atomic E-state index is -0.177. The first kappa shape index (κ1) is 21.3. The Kier molecular flexibility index (Phi) is 10.5. The van der Waals surface area contributed by atoms with E-state index < -0.39 is 0 Å². The zero-order valence-electron chi connectivity index (χ0n) is 14.4. The molecule has 1 aromatic carbocycles. The number of nitrogens with zero attached hydrogens (tertiary/aromatic N) is 2. The summed E-state index contributed by atoms with van der Waals surface area (Å²) in [6.07, 6.45) is 5.45. The van der Waals surface area contributed by atoms with Crippen LogP contribution in [-0.4, -0.2) is 50.7 Å². The van der Waals surface area contributed by atoms with Crippen molar-refractivity contribution < 1.29 is 4.39 Å². The second-order valence-corrected chi connectivity index (χ2v) is 6.74. The number of piperidine rings is 1. The predicted octanol–water partition coefficient (Wildman–Crippen LogP) is 3.33. The Morgan fingerprint density at radius 3 is 3.00 bits per heavy atom. The molecule has 1 fully saturated rings. The Labute approximate surface area is 166 Å². The summed E-state index contributed by atoms with van der Waals surface area (Å²) in [4.78, 5) is 6.54. The maximum absolute atomic E-state index is 13.4. The van der Waals surface area contributed by atoms with Gasteiger partial charge in [0.2, 0.25) is 0 Å². The smallest absolute Gasteiger partial charge is 0.191 e. The quantitative estimate of drug-likeness (QED) is 0.292. The van der Waals surface area contributed by atoms with Crippen molar-refractivity contribution in [3.8, 4) is 0 Å². The van der Waals surface area contributed by atoms with Crippen molar-refractivity contribution in [2.75, 3.05) is 43.6 Å². The standard InChI is InChI=1S/C17H27FN4S.HI/c1-19-17(20-9-5-11-23-2)21-15-7-4-10-22(13-15)16-8-3-6-14(18)12-16;/h3,6,8,12,15H,4-5,7,9-11,13H2,1-2H3,(H2,19,20,21);1H. The summed E-state index contributed by atoms with van der Waals surface area (Å²) in [5.41, 5.74) is 0.958. The van der Waals surface area contributed by atoms with Crippen LogP contribution >= 0.6 is 35.7 Å². The van der Waals surface area contributed by atoms with Gasteiger partial charge in [0.25, 0.3) is 0 Å². The molecule has 0 radical (unpaired) electrons. The number of hydrogen-bond acceptors (Lipinski definition) is 3. The third-order valence-corrected chi connectivity index (χ3v) is 4.67. The molecule has 0 spiro atoms.